The number of aryl methyl sites for hydroxylation is 1. The predicted molar refractivity (Wildman–Crippen MR) is 68.4 cm³/mol. The lowest BCUT2D eigenvalue weighted by atomic mass is 10.1. The van der Waals surface area contributed by atoms with Crippen molar-refractivity contribution in [3.8, 4) is 0 Å². The monoisotopic (exact) mass is 221 g/mol. The number of hydrogen-bond acceptors (Lipinski definition) is 2. The second-order valence-electron chi connectivity index (χ2n) is 4.26. The van der Waals surface area contributed by atoms with Gasteiger partial charge in [0.25, 0.3) is 0 Å². The van der Waals surface area contributed by atoms with Crippen LogP contribution in [0, 0.1) is 5.92 Å². The minimum Gasteiger partial charge on any atom is -0.396 e. The molecule has 0 heterocycles. The molecular weight excluding hydrogens is 198 g/mol. The van der Waals surface area contributed by atoms with Gasteiger partial charge in [0, 0.05) is 19.7 Å². The Morgan fingerprint density at radius 1 is 1.12 bits per heavy atom. The minimum atomic E-state index is 0.276. The van der Waals surface area contributed by atoms with Gasteiger partial charge in [0.1, 0.15) is 0 Å². The van der Waals surface area contributed by atoms with E-state index >= 15 is 0 Å². The normalized spacial score (nSPS) is 12.7. The van der Waals surface area contributed by atoms with E-state index in [1.807, 2.05) is 0 Å². The number of aliphatic hydroxyl groups excluding tert-OH is 1. The van der Waals surface area contributed by atoms with Gasteiger partial charge in [-0.15, -0.1) is 0 Å². The van der Waals surface area contributed by atoms with E-state index in [-0.39, 0.29) is 6.61 Å². The van der Waals surface area contributed by atoms with Gasteiger partial charge < -0.3 is 10.4 Å². The molecule has 1 aromatic rings. The van der Waals surface area contributed by atoms with Crippen LogP contribution in [0.1, 0.15) is 31.4 Å². The highest BCUT2D eigenvalue weighted by Crippen LogP contribution is 2.05. The maximum atomic E-state index is 9.05. The van der Waals surface area contributed by atoms with Gasteiger partial charge >= 0.3 is 0 Å². The molecule has 0 aliphatic carbocycles. The smallest absolute Gasteiger partial charge is 0.0471 e. The fourth-order valence-electron chi connectivity index (χ4n) is 1.65. The summed E-state index contributed by atoms with van der Waals surface area (Å²) in [7, 11) is 0. The molecule has 2 nitrogen and oxygen atoms in total. The van der Waals surface area contributed by atoms with Crippen LogP contribution in [0.15, 0.2) is 24.3 Å². The Bertz CT molecular complexity index is 277. The Kier molecular flexibility index (Phi) is 6.12. The van der Waals surface area contributed by atoms with Crippen LogP contribution in [0.5, 0.6) is 0 Å². The van der Waals surface area contributed by atoms with Crippen molar-refractivity contribution in [3.05, 3.63) is 35.4 Å². The van der Waals surface area contributed by atoms with Gasteiger partial charge in [-0.3, -0.25) is 0 Å². The van der Waals surface area contributed by atoms with Crippen molar-refractivity contribution < 1.29 is 5.11 Å². The highest BCUT2D eigenvalue weighted by molar-refractivity contribution is 5.22. The second kappa shape index (κ2) is 7.42. The van der Waals surface area contributed by atoms with Crippen molar-refractivity contribution in [3.63, 3.8) is 0 Å². The molecule has 0 fully saturated rings. The highest BCUT2D eigenvalue weighted by Gasteiger charge is 2.03. The number of hydrogen-bond donors (Lipinski definition) is 2. The Labute approximate surface area is 98.7 Å². The van der Waals surface area contributed by atoms with Gasteiger partial charge in [0.05, 0.1) is 0 Å². The first kappa shape index (κ1) is 13.2. The van der Waals surface area contributed by atoms with Gasteiger partial charge in [-0.1, -0.05) is 38.1 Å². The maximum absolute atomic E-state index is 9.05. The Hall–Kier alpha value is -0.860. The largest absolute Gasteiger partial charge is 0.396 e. The van der Waals surface area contributed by atoms with Crippen LogP contribution in [0.2, 0.25) is 0 Å². The molecule has 0 radical (unpaired) electrons. The van der Waals surface area contributed by atoms with E-state index in [9.17, 15) is 0 Å². The summed E-state index contributed by atoms with van der Waals surface area (Å²) in [6, 6.07) is 8.71. The summed E-state index contributed by atoms with van der Waals surface area (Å²) in [5.74, 6) is 0.384. The van der Waals surface area contributed by atoms with Crippen LogP contribution in [0.25, 0.3) is 0 Å². The van der Waals surface area contributed by atoms with E-state index in [2.05, 4.69) is 43.4 Å². The van der Waals surface area contributed by atoms with Gasteiger partial charge in [0.2, 0.25) is 0 Å². The second-order valence-corrected chi connectivity index (χ2v) is 4.26. The fourth-order valence-corrected chi connectivity index (χ4v) is 1.65. The first-order chi connectivity index (χ1) is 7.80. The zero-order valence-electron chi connectivity index (χ0n) is 10.4. The molecule has 0 bridgehead atoms. The number of nitrogens with one attached hydrogen (secondary N) is 1. The third-order valence-electron chi connectivity index (χ3n) is 3.03. The molecule has 0 aromatic heterocycles. The summed E-state index contributed by atoms with van der Waals surface area (Å²) >= 11 is 0. The van der Waals surface area contributed by atoms with Gasteiger partial charge in [-0.25, -0.2) is 0 Å². The molecule has 0 saturated heterocycles. The molecule has 1 aromatic carbocycles. The zero-order valence-corrected chi connectivity index (χ0v) is 10.4. The van der Waals surface area contributed by atoms with Gasteiger partial charge in [-0.05, 0) is 29.9 Å². The fraction of sp³-hybridized carbons (Fsp3) is 0.571. The average Bonchev–Trinajstić information content (AvgIpc) is 2.35. The lowest BCUT2D eigenvalue weighted by Crippen LogP contribution is -2.24. The molecule has 0 saturated carbocycles. The van der Waals surface area contributed by atoms with Gasteiger partial charge in [-0.2, -0.15) is 0 Å². The van der Waals surface area contributed by atoms with Crippen molar-refractivity contribution in [2.24, 2.45) is 5.92 Å². The quantitative estimate of drug-likeness (QED) is 0.741. The van der Waals surface area contributed by atoms with Crippen molar-refractivity contribution in [1.82, 2.24) is 5.32 Å². The molecule has 1 atom stereocenters. The van der Waals surface area contributed by atoms with E-state index in [1.54, 1.807) is 0 Å². The van der Waals surface area contributed by atoms with Crippen molar-refractivity contribution in [1.29, 1.82) is 0 Å². The van der Waals surface area contributed by atoms with Crippen molar-refractivity contribution in [2.75, 3.05) is 13.2 Å². The van der Waals surface area contributed by atoms with E-state index in [4.69, 9.17) is 5.11 Å². The Morgan fingerprint density at radius 3 is 2.25 bits per heavy atom. The van der Waals surface area contributed by atoms with E-state index in [1.165, 1.54) is 11.1 Å². The summed E-state index contributed by atoms with van der Waals surface area (Å²) < 4.78 is 0. The molecular formula is C14H23NO. The third-order valence-corrected chi connectivity index (χ3v) is 3.03. The van der Waals surface area contributed by atoms with Crippen LogP contribution < -0.4 is 5.32 Å². The molecule has 1 rings (SSSR count). The SMILES string of the molecule is CCc1ccc(CNCC(CC)CO)cc1. The van der Waals surface area contributed by atoms with Crippen LogP contribution in [-0.4, -0.2) is 18.3 Å². The van der Waals surface area contributed by atoms with E-state index < -0.39 is 0 Å². The lowest BCUT2D eigenvalue weighted by Gasteiger charge is -2.12. The summed E-state index contributed by atoms with van der Waals surface area (Å²) in [4.78, 5) is 0. The molecule has 0 aliphatic rings. The summed E-state index contributed by atoms with van der Waals surface area (Å²) in [6.45, 7) is 6.33. The molecule has 90 valence electrons. The molecule has 2 heteroatoms. The standard InChI is InChI=1S/C14H23NO/c1-3-12-5-7-14(8-6-12)10-15-9-13(4-2)11-16/h5-8,13,15-16H,3-4,9-11H2,1-2H3. The van der Waals surface area contributed by atoms with Crippen LogP contribution >= 0.6 is 0 Å². The van der Waals surface area contributed by atoms with E-state index in [0.29, 0.717) is 5.92 Å². The first-order valence-electron chi connectivity index (χ1n) is 6.19. The minimum absolute atomic E-state index is 0.276. The topological polar surface area (TPSA) is 32.3 Å². The molecule has 2 N–H and O–H groups in total. The predicted octanol–water partition coefficient (Wildman–Crippen LogP) is 2.36. The summed E-state index contributed by atoms with van der Waals surface area (Å²) in [5, 5.41) is 12.4. The van der Waals surface area contributed by atoms with E-state index in [0.717, 1.165) is 25.9 Å². The average molecular weight is 221 g/mol. The van der Waals surface area contributed by atoms with Crippen LogP contribution in [0.3, 0.4) is 0 Å². The molecule has 0 amide bonds. The molecule has 1 unspecified atom stereocenters. The Morgan fingerprint density at radius 2 is 1.75 bits per heavy atom. The Balaban J connectivity index is 2.31. The molecule has 0 aliphatic heterocycles. The van der Waals surface area contributed by atoms with Crippen molar-refractivity contribution in [2.45, 2.75) is 33.2 Å². The van der Waals surface area contributed by atoms with Crippen molar-refractivity contribution >= 4 is 0 Å². The van der Waals surface area contributed by atoms with Crippen LogP contribution in [0.4, 0.5) is 0 Å². The summed E-state index contributed by atoms with van der Waals surface area (Å²) in [5.41, 5.74) is 2.69. The highest BCUT2D eigenvalue weighted by atomic mass is 16.3. The number of aliphatic hydroxyl groups is 1. The molecule has 16 heavy (non-hydrogen) atoms. The van der Waals surface area contributed by atoms with Crippen LogP contribution in [-0.2, 0) is 13.0 Å². The molecule has 0 spiro atoms. The summed E-state index contributed by atoms with van der Waals surface area (Å²) in [6.07, 6.45) is 2.12. The number of benzene rings is 1. The zero-order chi connectivity index (χ0) is 11.8. The lowest BCUT2D eigenvalue weighted by molar-refractivity contribution is 0.218. The first-order valence-corrected chi connectivity index (χ1v) is 6.19. The maximum Gasteiger partial charge on any atom is 0.0471 e. The van der Waals surface area contributed by atoms with Gasteiger partial charge in [0.15, 0.2) is 0 Å². The number of rotatable bonds is 7. The third kappa shape index (κ3) is 4.33.